The van der Waals surface area contributed by atoms with E-state index in [1.165, 1.54) is 25.7 Å². The van der Waals surface area contributed by atoms with Crippen molar-refractivity contribution in [3.05, 3.63) is 23.4 Å². The summed E-state index contributed by atoms with van der Waals surface area (Å²) in [6.45, 7) is 3.51. The van der Waals surface area contributed by atoms with Gasteiger partial charge in [0.1, 0.15) is 17.6 Å². The molecule has 2 saturated carbocycles. The van der Waals surface area contributed by atoms with E-state index in [9.17, 15) is 4.79 Å². The highest BCUT2D eigenvalue weighted by molar-refractivity contribution is 5.80. The number of rotatable bonds is 3. The summed E-state index contributed by atoms with van der Waals surface area (Å²) in [6, 6.07) is 6.31. The van der Waals surface area contributed by atoms with Crippen molar-refractivity contribution in [2.45, 2.75) is 45.1 Å². The first kappa shape index (κ1) is 15.4. The van der Waals surface area contributed by atoms with Crippen LogP contribution in [0.2, 0.25) is 0 Å². The first-order chi connectivity index (χ1) is 11.6. The Labute approximate surface area is 143 Å². The van der Waals surface area contributed by atoms with Gasteiger partial charge in [-0.05, 0) is 62.1 Å². The molecular weight excluding hydrogens is 300 g/mol. The molecule has 1 aromatic rings. The minimum atomic E-state index is 0.0389. The van der Waals surface area contributed by atoms with Gasteiger partial charge in [0.25, 0.3) is 0 Å². The summed E-state index contributed by atoms with van der Waals surface area (Å²) in [6.07, 6.45) is 6.00. The van der Waals surface area contributed by atoms with Crippen LogP contribution >= 0.6 is 0 Å². The summed E-state index contributed by atoms with van der Waals surface area (Å²) < 4.78 is 0. The average Bonchev–Trinajstić information content (AvgIpc) is 3.30. The number of nitrogens with one attached hydrogen (secondary N) is 1. The van der Waals surface area contributed by atoms with Crippen molar-refractivity contribution in [3.63, 3.8) is 0 Å². The van der Waals surface area contributed by atoms with Crippen LogP contribution in [0.1, 0.15) is 43.4 Å². The number of pyridine rings is 1. The second-order valence-electron chi connectivity index (χ2n) is 7.72. The van der Waals surface area contributed by atoms with Gasteiger partial charge in [-0.2, -0.15) is 5.26 Å². The maximum Gasteiger partial charge on any atom is 0.225 e. The Hall–Kier alpha value is -2.09. The van der Waals surface area contributed by atoms with E-state index in [0.29, 0.717) is 24.2 Å². The van der Waals surface area contributed by atoms with E-state index in [2.05, 4.69) is 21.3 Å². The molecule has 0 unspecified atom stereocenters. The minimum absolute atomic E-state index is 0.0389. The molecule has 1 aromatic heterocycles. The van der Waals surface area contributed by atoms with E-state index in [4.69, 9.17) is 5.26 Å². The van der Waals surface area contributed by atoms with E-state index in [-0.39, 0.29) is 11.8 Å². The van der Waals surface area contributed by atoms with E-state index in [1.54, 1.807) is 6.07 Å². The molecule has 0 spiro atoms. The first-order valence-corrected chi connectivity index (χ1v) is 9.06. The molecule has 3 fully saturated rings. The van der Waals surface area contributed by atoms with Gasteiger partial charge < -0.3 is 10.2 Å². The van der Waals surface area contributed by atoms with E-state index in [0.717, 1.165) is 30.3 Å². The van der Waals surface area contributed by atoms with Crippen molar-refractivity contribution >= 4 is 11.7 Å². The molecule has 2 aliphatic carbocycles. The zero-order valence-electron chi connectivity index (χ0n) is 14.2. The lowest BCUT2D eigenvalue weighted by Gasteiger charge is -2.24. The summed E-state index contributed by atoms with van der Waals surface area (Å²) in [5.74, 6) is 2.64. The van der Waals surface area contributed by atoms with Crippen LogP contribution in [0, 0.1) is 36.0 Å². The molecule has 24 heavy (non-hydrogen) atoms. The fourth-order valence-electron chi connectivity index (χ4n) is 4.77. The van der Waals surface area contributed by atoms with E-state index < -0.39 is 0 Å². The Morgan fingerprint density at radius 1 is 1.33 bits per heavy atom. The molecular formula is C19H24N4O. The first-order valence-electron chi connectivity index (χ1n) is 9.06. The second-order valence-corrected chi connectivity index (χ2v) is 7.72. The monoisotopic (exact) mass is 324 g/mol. The zero-order chi connectivity index (χ0) is 16.7. The van der Waals surface area contributed by atoms with Gasteiger partial charge in [0.2, 0.25) is 5.91 Å². The average molecular weight is 324 g/mol. The minimum Gasteiger partial charge on any atom is -0.356 e. The molecule has 126 valence electrons. The van der Waals surface area contributed by atoms with Gasteiger partial charge in [-0.3, -0.25) is 4.79 Å². The molecule has 1 aliphatic heterocycles. The quantitative estimate of drug-likeness (QED) is 0.927. The van der Waals surface area contributed by atoms with Crippen molar-refractivity contribution in [1.82, 2.24) is 10.3 Å². The lowest BCUT2D eigenvalue weighted by Crippen LogP contribution is -2.42. The molecule has 2 heterocycles. The fraction of sp³-hybridized carbons (Fsp3) is 0.632. The van der Waals surface area contributed by atoms with Gasteiger partial charge in [0, 0.05) is 19.1 Å². The maximum absolute atomic E-state index is 12.6. The van der Waals surface area contributed by atoms with Crippen LogP contribution in [0.5, 0.6) is 0 Å². The standard InChI is InChI=1S/C19H24N4O/c1-12-6-16(10-20)21-18(7-12)23-5-4-15(11-23)19(24)22-17-9-13-2-3-14(17)8-13/h6-7,13-15,17H,2-5,8-9,11H2,1H3,(H,22,24)/t13-,14+,15+,17-/m1/s1. The Morgan fingerprint density at radius 3 is 2.92 bits per heavy atom. The maximum atomic E-state index is 12.6. The predicted octanol–water partition coefficient (Wildman–Crippen LogP) is 2.39. The Bertz CT molecular complexity index is 695. The van der Waals surface area contributed by atoms with Crippen molar-refractivity contribution in [1.29, 1.82) is 5.26 Å². The molecule has 1 amide bonds. The summed E-state index contributed by atoms with van der Waals surface area (Å²) in [5.41, 5.74) is 1.48. The van der Waals surface area contributed by atoms with Crippen LogP contribution in [-0.4, -0.2) is 30.0 Å². The molecule has 2 bridgehead atoms. The highest BCUT2D eigenvalue weighted by atomic mass is 16.2. The second kappa shape index (κ2) is 6.08. The predicted molar refractivity (Wildman–Crippen MR) is 91.4 cm³/mol. The number of aryl methyl sites for hydroxylation is 1. The summed E-state index contributed by atoms with van der Waals surface area (Å²) >= 11 is 0. The lowest BCUT2D eigenvalue weighted by atomic mass is 9.94. The largest absolute Gasteiger partial charge is 0.356 e. The fourth-order valence-corrected chi connectivity index (χ4v) is 4.77. The van der Waals surface area contributed by atoms with Crippen LogP contribution in [0.15, 0.2) is 12.1 Å². The molecule has 0 aromatic carbocycles. The van der Waals surface area contributed by atoms with Gasteiger partial charge >= 0.3 is 0 Å². The number of fused-ring (bicyclic) bond motifs is 2. The van der Waals surface area contributed by atoms with Gasteiger partial charge in [0.05, 0.1) is 5.92 Å². The number of anilines is 1. The molecule has 1 saturated heterocycles. The van der Waals surface area contributed by atoms with Crippen molar-refractivity contribution in [3.8, 4) is 6.07 Å². The number of hydrogen-bond donors (Lipinski definition) is 1. The molecule has 5 heteroatoms. The van der Waals surface area contributed by atoms with Crippen molar-refractivity contribution in [2.75, 3.05) is 18.0 Å². The molecule has 4 atom stereocenters. The SMILES string of the molecule is Cc1cc(C#N)nc(N2CC[C@H](C(=O)N[C@@H]3C[C@@H]4CC[C@H]3C4)C2)c1. The summed E-state index contributed by atoms with van der Waals surface area (Å²) in [4.78, 5) is 19.2. The molecule has 1 N–H and O–H groups in total. The van der Waals surface area contributed by atoms with E-state index >= 15 is 0 Å². The van der Waals surface area contributed by atoms with Crippen LogP contribution in [0.3, 0.4) is 0 Å². The number of nitriles is 1. The third-order valence-corrected chi connectivity index (χ3v) is 6.02. The normalized spacial score (nSPS) is 31.2. The van der Waals surface area contributed by atoms with Gasteiger partial charge in [-0.15, -0.1) is 0 Å². The number of nitrogens with zero attached hydrogens (tertiary/aromatic N) is 3. The van der Waals surface area contributed by atoms with Crippen LogP contribution in [0.4, 0.5) is 5.82 Å². The Kier molecular flexibility index (Phi) is 3.91. The van der Waals surface area contributed by atoms with Gasteiger partial charge in [-0.1, -0.05) is 6.42 Å². The lowest BCUT2D eigenvalue weighted by molar-refractivity contribution is -0.125. The van der Waals surface area contributed by atoms with Crippen LogP contribution in [0.25, 0.3) is 0 Å². The topological polar surface area (TPSA) is 69.0 Å². The molecule has 5 nitrogen and oxygen atoms in total. The zero-order valence-corrected chi connectivity index (χ0v) is 14.2. The number of aromatic nitrogens is 1. The Balaban J connectivity index is 1.38. The summed E-state index contributed by atoms with van der Waals surface area (Å²) in [7, 11) is 0. The van der Waals surface area contributed by atoms with Gasteiger partial charge in [-0.25, -0.2) is 4.98 Å². The third kappa shape index (κ3) is 2.86. The van der Waals surface area contributed by atoms with Gasteiger partial charge in [0.15, 0.2) is 0 Å². The highest BCUT2D eigenvalue weighted by Crippen LogP contribution is 2.44. The summed E-state index contributed by atoms with van der Waals surface area (Å²) in [5, 5.41) is 12.4. The van der Waals surface area contributed by atoms with Crippen molar-refractivity contribution in [2.24, 2.45) is 17.8 Å². The van der Waals surface area contributed by atoms with Crippen LogP contribution in [-0.2, 0) is 4.79 Å². The Morgan fingerprint density at radius 2 is 2.21 bits per heavy atom. The number of carbonyl (C=O) groups excluding carboxylic acids is 1. The highest BCUT2D eigenvalue weighted by Gasteiger charge is 2.41. The molecule has 0 radical (unpaired) electrons. The molecule has 4 rings (SSSR count). The van der Waals surface area contributed by atoms with Crippen LogP contribution < -0.4 is 10.2 Å². The number of amides is 1. The molecule has 3 aliphatic rings. The van der Waals surface area contributed by atoms with Crippen molar-refractivity contribution < 1.29 is 4.79 Å². The number of hydrogen-bond acceptors (Lipinski definition) is 4. The smallest absolute Gasteiger partial charge is 0.225 e. The van der Waals surface area contributed by atoms with E-state index in [1.807, 2.05) is 13.0 Å². The number of carbonyl (C=O) groups is 1. The third-order valence-electron chi connectivity index (χ3n) is 6.02.